The van der Waals surface area contributed by atoms with E-state index in [2.05, 4.69) is 4.98 Å². The first kappa shape index (κ1) is 5.15. The summed E-state index contributed by atoms with van der Waals surface area (Å²) in [6.07, 6.45) is 1.75. The lowest BCUT2D eigenvalue weighted by molar-refractivity contribution is 0.862. The Kier molecular flexibility index (Phi) is 0.970. The van der Waals surface area contributed by atoms with Gasteiger partial charge in [-0.2, -0.15) is 0 Å². The maximum Gasteiger partial charge on any atom is 0.325 e. The first-order valence-electron chi connectivity index (χ1n) is 2.42. The van der Waals surface area contributed by atoms with Gasteiger partial charge in [0.25, 0.3) is 0 Å². The van der Waals surface area contributed by atoms with Crippen molar-refractivity contribution in [3.05, 3.63) is 22.4 Å². The number of nitrogens with one attached hydrogen (secondary N) is 1. The van der Waals surface area contributed by atoms with Gasteiger partial charge in [0.05, 0.1) is 0 Å². The third-order valence-electron chi connectivity index (χ3n) is 1.01. The molecule has 1 N–H and O–H groups in total. The van der Waals surface area contributed by atoms with Crippen LogP contribution in [0.1, 0.15) is 5.69 Å². The van der Waals surface area contributed by atoms with Crippen LogP contribution in [-0.2, 0) is 7.05 Å². The number of aryl methyl sites for hydroxylation is 2. The molecule has 0 fully saturated rings. The number of aromatic amines is 1. The molecule has 1 aromatic heterocycles. The zero-order chi connectivity index (χ0) is 6.15. The topological polar surface area (TPSA) is 37.8 Å². The number of hydrogen-bond acceptors (Lipinski definition) is 1. The Morgan fingerprint density at radius 2 is 2.38 bits per heavy atom. The van der Waals surface area contributed by atoms with Crippen molar-refractivity contribution in [3.8, 4) is 0 Å². The standard InChI is InChI=1S/C5H8N2O/c1-4-3-7(2)5(8)6-4/h3H,1-2H3,(H,6,8). The van der Waals surface area contributed by atoms with Crippen LogP contribution in [0.15, 0.2) is 11.0 Å². The molecule has 0 aromatic carbocycles. The quantitative estimate of drug-likeness (QED) is 0.505. The minimum Gasteiger partial charge on any atom is -0.310 e. The minimum absolute atomic E-state index is 0.0532. The SMILES string of the molecule is Cc1cn(C)c(=O)[nH]1. The number of nitrogens with zero attached hydrogens (tertiary/aromatic N) is 1. The maximum absolute atomic E-state index is 10.5. The van der Waals surface area contributed by atoms with Crippen molar-refractivity contribution in [2.45, 2.75) is 6.92 Å². The van der Waals surface area contributed by atoms with Gasteiger partial charge in [-0.25, -0.2) is 4.79 Å². The number of rotatable bonds is 0. The van der Waals surface area contributed by atoms with Crippen LogP contribution in [0.4, 0.5) is 0 Å². The Bertz CT molecular complexity index is 233. The molecule has 3 nitrogen and oxygen atoms in total. The van der Waals surface area contributed by atoms with E-state index in [1.165, 1.54) is 4.57 Å². The Morgan fingerprint density at radius 3 is 2.50 bits per heavy atom. The molecule has 0 aliphatic carbocycles. The molecule has 0 spiro atoms. The smallest absolute Gasteiger partial charge is 0.310 e. The summed E-state index contributed by atoms with van der Waals surface area (Å²) in [6.45, 7) is 1.85. The zero-order valence-electron chi connectivity index (χ0n) is 4.93. The highest BCUT2D eigenvalue weighted by Gasteiger charge is 1.89. The minimum atomic E-state index is -0.0532. The lowest BCUT2D eigenvalue weighted by atomic mass is 10.6. The van der Waals surface area contributed by atoms with E-state index in [4.69, 9.17) is 0 Å². The normalized spacial score (nSPS) is 9.75. The molecule has 0 aliphatic heterocycles. The number of hydrogen-bond donors (Lipinski definition) is 1. The molecule has 44 valence electrons. The summed E-state index contributed by atoms with van der Waals surface area (Å²) in [5.74, 6) is 0. The third-order valence-corrected chi connectivity index (χ3v) is 1.01. The van der Waals surface area contributed by atoms with Crippen molar-refractivity contribution < 1.29 is 0 Å². The Balaban J connectivity index is 3.35. The van der Waals surface area contributed by atoms with Gasteiger partial charge in [-0.3, -0.25) is 0 Å². The molecule has 1 aromatic rings. The van der Waals surface area contributed by atoms with E-state index in [9.17, 15) is 4.79 Å². The van der Waals surface area contributed by atoms with E-state index in [0.717, 1.165) is 5.69 Å². The van der Waals surface area contributed by atoms with Gasteiger partial charge in [0.15, 0.2) is 0 Å². The van der Waals surface area contributed by atoms with Crippen LogP contribution in [0.3, 0.4) is 0 Å². The summed E-state index contributed by atoms with van der Waals surface area (Å²) in [5, 5.41) is 0. The van der Waals surface area contributed by atoms with Gasteiger partial charge in [-0.15, -0.1) is 0 Å². The summed E-state index contributed by atoms with van der Waals surface area (Å²) in [7, 11) is 1.71. The molecule has 1 heterocycles. The Morgan fingerprint density at radius 1 is 1.75 bits per heavy atom. The lowest BCUT2D eigenvalue weighted by Crippen LogP contribution is -2.11. The first-order chi connectivity index (χ1) is 3.70. The van der Waals surface area contributed by atoms with Crippen LogP contribution >= 0.6 is 0 Å². The van der Waals surface area contributed by atoms with Crippen LogP contribution in [0.5, 0.6) is 0 Å². The van der Waals surface area contributed by atoms with E-state index in [-0.39, 0.29) is 5.69 Å². The molecule has 0 atom stereocenters. The summed E-state index contributed by atoms with van der Waals surface area (Å²) >= 11 is 0. The van der Waals surface area contributed by atoms with E-state index >= 15 is 0 Å². The Labute approximate surface area is 47.0 Å². The molecular formula is C5H8N2O. The summed E-state index contributed by atoms with van der Waals surface area (Å²) in [5.41, 5.74) is 0.847. The van der Waals surface area contributed by atoms with Gasteiger partial charge >= 0.3 is 5.69 Å². The number of imidazole rings is 1. The molecular weight excluding hydrogens is 104 g/mol. The highest BCUT2D eigenvalue weighted by Crippen LogP contribution is 1.81. The van der Waals surface area contributed by atoms with Crippen molar-refractivity contribution in [1.29, 1.82) is 0 Å². The van der Waals surface area contributed by atoms with Gasteiger partial charge in [0.2, 0.25) is 0 Å². The fraction of sp³-hybridized carbons (Fsp3) is 0.400. The molecule has 0 amide bonds. The molecule has 0 saturated carbocycles. The lowest BCUT2D eigenvalue weighted by Gasteiger charge is -1.77. The van der Waals surface area contributed by atoms with Crippen molar-refractivity contribution in [2.24, 2.45) is 7.05 Å². The van der Waals surface area contributed by atoms with Gasteiger partial charge in [0.1, 0.15) is 0 Å². The molecule has 0 saturated heterocycles. The second-order valence-electron chi connectivity index (χ2n) is 1.85. The van der Waals surface area contributed by atoms with Crippen LogP contribution in [-0.4, -0.2) is 9.55 Å². The predicted molar refractivity (Wildman–Crippen MR) is 30.8 cm³/mol. The first-order valence-corrected chi connectivity index (χ1v) is 2.42. The van der Waals surface area contributed by atoms with E-state index in [0.29, 0.717) is 0 Å². The molecule has 0 radical (unpaired) electrons. The molecule has 1 rings (SSSR count). The van der Waals surface area contributed by atoms with E-state index in [1.807, 2.05) is 6.92 Å². The largest absolute Gasteiger partial charge is 0.325 e. The predicted octanol–water partition coefficient (Wildman–Crippen LogP) is 0.0218. The van der Waals surface area contributed by atoms with Crippen molar-refractivity contribution in [3.63, 3.8) is 0 Å². The average Bonchev–Trinajstić information content (AvgIpc) is 1.85. The van der Waals surface area contributed by atoms with Crippen LogP contribution in [0.25, 0.3) is 0 Å². The van der Waals surface area contributed by atoms with Crippen LogP contribution < -0.4 is 5.69 Å². The fourth-order valence-corrected chi connectivity index (χ4v) is 0.638. The van der Waals surface area contributed by atoms with Crippen LogP contribution in [0.2, 0.25) is 0 Å². The molecule has 8 heavy (non-hydrogen) atoms. The van der Waals surface area contributed by atoms with Crippen LogP contribution in [0, 0.1) is 6.92 Å². The molecule has 0 bridgehead atoms. The van der Waals surface area contributed by atoms with Gasteiger partial charge in [-0.1, -0.05) is 0 Å². The zero-order valence-corrected chi connectivity index (χ0v) is 4.93. The second kappa shape index (κ2) is 1.51. The van der Waals surface area contributed by atoms with E-state index < -0.39 is 0 Å². The third kappa shape index (κ3) is 0.665. The summed E-state index contributed by atoms with van der Waals surface area (Å²) in [4.78, 5) is 13.2. The van der Waals surface area contributed by atoms with E-state index in [1.54, 1.807) is 13.2 Å². The number of aromatic nitrogens is 2. The summed E-state index contributed by atoms with van der Waals surface area (Å²) in [6, 6.07) is 0. The monoisotopic (exact) mass is 112 g/mol. The maximum atomic E-state index is 10.5. The fourth-order valence-electron chi connectivity index (χ4n) is 0.638. The average molecular weight is 112 g/mol. The number of H-pyrrole nitrogens is 1. The van der Waals surface area contributed by atoms with Crippen molar-refractivity contribution in [2.75, 3.05) is 0 Å². The van der Waals surface area contributed by atoms with Gasteiger partial charge in [-0.05, 0) is 6.92 Å². The second-order valence-corrected chi connectivity index (χ2v) is 1.85. The highest BCUT2D eigenvalue weighted by molar-refractivity contribution is 4.91. The highest BCUT2D eigenvalue weighted by atomic mass is 16.1. The molecule has 0 unspecified atom stereocenters. The summed E-state index contributed by atoms with van der Waals surface area (Å²) < 4.78 is 1.51. The molecule has 3 heteroatoms. The van der Waals surface area contributed by atoms with Gasteiger partial charge in [0, 0.05) is 18.9 Å². The van der Waals surface area contributed by atoms with Gasteiger partial charge < -0.3 is 9.55 Å². The van der Waals surface area contributed by atoms with Crippen molar-refractivity contribution in [1.82, 2.24) is 9.55 Å². The molecule has 0 aliphatic rings. The Hall–Kier alpha value is -0.990. The van der Waals surface area contributed by atoms with Crippen molar-refractivity contribution >= 4 is 0 Å².